The van der Waals surface area contributed by atoms with Crippen LogP contribution in [0.4, 0.5) is 13.2 Å². The van der Waals surface area contributed by atoms with Crippen molar-refractivity contribution in [2.24, 2.45) is 0 Å². The van der Waals surface area contributed by atoms with Crippen LogP contribution in [0.2, 0.25) is 0 Å². The van der Waals surface area contributed by atoms with Crippen molar-refractivity contribution in [2.75, 3.05) is 0 Å². The second-order valence-electron chi connectivity index (χ2n) is 3.06. The van der Waals surface area contributed by atoms with Gasteiger partial charge >= 0.3 is 12.1 Å². The van der Waals surface area contributed by atoms with Crippen LogP contribution in [-0.4, -0.2) is 11.1 Å². The molecule has 0 saturated heterocycles. The number of carboxylic acids is 1. The van der Waals surface area contributed by atoms with Crippen LogP contribution in [0, 0.1) is 11.3 Å². The van der Waals surface area contributed by atoms with Crippen LogP contribution in [-0.2, 0) is 12.1 Å². The summed E-state index contributed by atoms with van der Waals surface area (Å²) in [6.45, 7) is 0. The lowest BCUT2D eigenvalue weighted by molar-refractivity contribution is -0.138. The highest BCUT2D eigenvalue weighted by atomic mass is 35.5. The molecule has 0 aliphatic rings. The highest BCUT2D eigenvalue weighted by Crippen LogP contribution is 2.35. The molecule has 0 saturated carbocycles. The quantitative estimate of drug-likeness (QED) is 0.834. The Morgan fingerprint density at radius 1 is 1.47 bits per heavy atom. The summed E-state index contributed by atoms with van der Waals surface area (Å²) in [6.07, 6.45) is -4.71. The van der Waals surface area contributed by atoms with Gasteiger partial charge in [-0.2, -0.15) is 18.4 Å². The van der Waals surface area contributed by atoms with Gasteiger partial charge in [0.25, 0.3) is 0 Å². The molecule has 0 spiro atoms. The lowest BCUT2D eigenvalue weighted by Crippen LogP contribution is -2.14. The first-order valence-electron chi connectivity index (χ1n) is 4.25. The fraction of sp³-hybridized carbons (Fsp3) is 0.200. The van der Waals surface area contributed by atoms with Gasteiger partial charge in [0.15, 0.2) is 0 Å². The van der Waals surface area contributed by atoms with E-state index < -0.39 is 34.7 Å². The van der Waals surface area contributed by atoms with E-state index in [0.717, 1.165) is 6.07 Å². The summed E-state index contributed by atoms with van der Waals surface area (Å²) < 4.78 is 37.7. The third-order valence-electron chi connectivity index (χ3n) is 2.09. The maximum absolute atomic E-state index is 12.6. The van der Waals surface area contributed by atoms with Crippen molar-refractivity contribution >= 4 is 17.6 Å². The van der Waals surface area contributed by atoms with Gasteiger partial charge in [-0.15, -0.1) is 11.6 Å². The van der Waals surface area contributed by atoms with Gasteiger partial charge in [-0.3, -0.25) is 0 Å². The van der Waals surface area contributed by atoms with Gasteiger partial charge in [-0.1, -0.05) is 0 Å². The number of benzene rings is 1. The molecule has 1 N–H and O–H groups in total. The first kappa shape index (κ1) is 13.3. The number of carbonyl (C=O) groups is 1. The third-order valence-corrected chi connectivity index (χ3v) is 2.35. The van der Waals surface area contributed by atoms with Crippen molar-refractivity contribution < 1.29 is 23.1 Å². The van der Waals surface area contributed by atoms with Crippen LogP contribution in [0.15, 0.2) is 12.1 Å². The standard InChI is InChI=1S/C10H5ClF3NO2/c11-3-6-7(10(12,13)14)2-1-5(4-15)8(6)9(16)17/h1-2H,3H2,(H,16,17). The lowest BCUT2D eigenvalue weighted by atomic mass is 9.97. The molecule has 0 aliphatic heterocycles. The van der Waals surface area contributed by atoms with Gasteiger partial charge in [0.1, 0.15) is 6.07 Å². The maximum atomic E-state index is 12.6. The minimum absolute atomic E-state index is 0.346. The van der Waals surface area contributed by atoms with Crippen LogP contribution in [0.25, 0.3) is 0 Å². The molecule has 0 bridgehead atoms. The summed E-state index contributed by atoms with van der Waals surface area (Å²) in [5, 5.41) is 17.5. The van der Waals surface area contributed by atoms with Gasteiger partial charge in [0, 0.05) is 5.88 Å². The normalized spacial score (nSPS) is 11.0. The van der Waals surface area contributed by atoms with Gasteiger partial charge < -0.3 is 5.11 Å². The molecule has 90 valence electrons. The molecule has 0 heterocycles. The van der Waals surface area contributed by atoms with E-state index in [0.29, 0.717) is 6.07 Å². The average Bonchev–Trinajstić information content (AvgIpc) is 2.25. The molecule has 17 heavy (non-hydrogen) atoms. The molecule has 0 aliphatic carbocycles. The summed E-state index contributed by atoms with van der Waals surface area (Å²) >= 11 is 5.34. The van der Waals surface area contributed by atoms with Crippen molar-refractivity contribution in [1.29, 1.82) is 5.26 Å². The SMILES string of the molecule is N#Cc1ccc(C(F)(F)F)c(CCl)c1C(=O)O. The number of nitrogens with zero attached hydrogens (tertiary/aromatic N) is 1. The predicted octanol–water partition coefficient (Wildman–Crippen LogP) is 3.01. The van der Waals surface area contributed by atoms with E-state index in [9.17, 15) is 18.0 Å². The summed E-state index contributed by atoms with van der Waals surface area (Å²) in [6, 6.07) is 3.00. The Hall–Kier alpha value is -1.74. The number of alkyl halides is 4. The zero-order chi connectivity index (χ0) is 13.2. The van der Waals surface area contributed by atoms with Crippen LogP contribution in [0.5, 0.6) is 0 Å². The molecule has 0 atom stereocenters. The fourth-order valence-corrected chi connectivity index (χ4v) is 1.67. The van der Waals surface area contributed by atoms with Crippen molar-refractivity contribution in [3.05, 3.63) is 34.4 Å². The Labute approximate surface area is 99.0 Å². The van der Waals surface area contributed by atoms with Gasteiger partial charge in [0.05, 0.1) is 16.7 Å². The smallest absolute Gasteiger partial charge is 0.416 e. The van der Waals surface area contributed by atoms with Crippen LogP contribution in [0.1, 0.15) is 27.0 Å². The number of aromatic carboxylic acids is 1. The second-order valence-corrected chi connectivity index (χ2v) is 3.33. The van der Waals surface area contributed by atoms with E-state index in [1.54, 1.807) is 0 Å². The highest BCUT2D eigenvalue weighted by molar-refractivity contribution is 6.18. The molecule has 7 heteroatoms. The summed E-state index contributed by atoms with van der Waals surface area (Å²) in [7, 11) is 0. The number of halogens is 4. The second kappa shape index (κ2) is 4.63. The van der Waals surface area contributed by atoms with E-state index in [4.69, 9.17) is 22.0 Å². The zero-order valence-corrected chi connectivity index (χ0v) is 8.93. The number of carboxylic acid groups (broad SMARTS) is 1. The van der Waals surface area contributed by atoms with E-state index in [2.05, 4.69) is 0 Å². The topological polar surface area (TPSA) is 61.1 Å². The minimum Gasteiger partial charge on any atom is -0.478 e. The Kier molecular flexibility index (Phi) is 3.63. The van der Waals surface area contributed by atoms with E-state index in [1.807, 2.05) is 0 Å². The average molecular weight is 264 g/mol. The molecule has 0 fully saturated rings. The zero-order valence-electron chi connectivity index (χ0n) is 8.18. The lowest BCUT2D eigenvalue weighted by Gasteiger charge is -2.14. The first-order chi connectivity index (χ1) is 7.82. The minimum atomic E-state index is -4.71. The molecule has 1 aromatic rings. The number of nitriles is 1. The molecule has 0 aromatic heterocycles. The van der Waals surface area contributed by atoms with Crippen LogP contribution in [0.3, 0.4) is 0 Å². The molecular weight excluding hydrogens is 259 g/mol. The maximum Gasteiger partial charge on any atom is 0.416 e. The van der Waals surface area contributed by atoms with Gasteiger partial charge in [0.2, 0.25) is 0 Å². The van der Waals surface area contributed by atoms with E-state index in [-0.39, 0.29) is 5.56 Å². The Morgan fingerprint density at radius 2 is 2.06 bits per heavy atom. The monoisotopic (exact) mass is 263 g/mol. The molecule has 1 aromatic carbocycles. The van der Waals surface area contributed by atoms with Crippen LogP contribution >= 0.6 is 11.6 Å². The van der Waals surface area contributed by atoms with Gasteiger partial charge in [-0.05, 0) is 17.7 Å². The molecule has 0 amide bonds. The van der Waals surface area contributed by atoms with Crippen LogP contribution < -0.4 is 0 Å². The van der Waals surface area contributed by atoms with E-state index >= 15 is 0 Å². The van der Waals surface area contributed by atoms with Crippen molar-refractivity contribution in [2.45, 2.75) is 12.1 Å². The summed E-state index contributed by atoms with van der Waals surface area (Å²) in [4.78, 5) is 10.9. The molecule has 1 rings (SSSR count). The summed E-state index contributed by atoms with van der Waals surface area (Å²) in [5.74, 6) is -2.24. The number of rotatable bonds is 2. The Bertz CT molecular complexity index is 505. The molecule has 0 radical (unpaired) electrons. The predicted molar refractivity (Wildman–Crippen MR) is 52.7 cm³/mol. The van der Waals surface area contributed by atoms with E-state index in [1.165, 1.54) is 6.07 Å². The molecule has 0 unspecified atom stereocenters. The Morgan fingerprint density at radius 3 is 2.41 bits per heavy atom. The highest BCUT2D eigenvalue weighted by Gasteiger charge is 2.35. The van der Waals surface area contributed by atoms with Crippen molar-refractivity contribution in [1.82, 2.24) is 0 Å². The fourth-order valence-electron chi connectivity index (χ4n) is 1.39. The first-order valence-corrected chi connectivity index (χ1v) is 4.78. The molecule has 3 nitrogen and oxygen atoms in total. The molecular formula is C10H5ClF3NO2. The Balaban J connectivity index is 3.66. The number of hydrogen-bond acceptors (Lipinski definition) is 2. The summed E-state index contributed by atoms with van der Waals surface area (Å²) in [5.41, 5.74) is -2.77. The van der Waals surface area contributed by atoms with Crippen molar-refractivity contribution in [3.63, 3.8) is 0 Å². The van der Waals surface area contributed by atoms with Crippen molar-refractivity contribution in [3.8, 4) is 6.07 Å². The third kappa shape index (κ3) is 2.50. The van der Waals surface area contributed by atoms with Gasteiger partial charge in [-0.25, -0.2) is 4.79 Å². The number of hydrogen-bond donors (Lipinski definition) is 1. The largest absolute Gasteiger partial charge is 0.478 e.